The van der Waals surface area contributed by atoms with E-state index in [1.54, 1.807) is 24.3 Å². The molecule has 0 spiro atoms. The van der Waals surface area contributed by atoms with E-state index < -0.39 is 15.9 Å². The van der Waals surface area contributed by atoms with E-state index in [-0.39, 0.29) is 17.3 Å². The lowest BCUT2D eigenvalue weighted by molar-refractivity contribution is -0.122. The maximum absolute atomic E-state index is 13.1. The summed E-state index contributed by atoms with van der Waals surface area (Å²) >= 11 is 4.96. The normalized spacial score (nSPS) is 18.5. The third-order valence-electron chi connectivity index (χ3n) is 5.56. The molecule has 1 aliphatic rings. The van der Waals surface area contributed by atoms with Crippen molar-refractivity contribution >= 4 is 53.4 Å². The Labute approximate surface area is 194 Å². The molecule has 9 heteroatoms. The summed E-state index contributed by atoms with van der Waals surface area (Å²) in [5.74, 6) is -0.687. The minimum Gasteiger partial charge on any atom is -0.317 e. The van der Waals surface area contributed by atoms with Crippen LogP contribution in [0.1, 0.15) is 25.3 Å². The van der Waals surface area contributed by atoms with Crippen LogP contribution in [0.25, 0.3) is 10.2 Å². The fourth-order valence-corrected chi connectivity index (χ4v) is 7.02. The van der Waals surface area contributed by atoms with Crippen LogP contribution in [0.15, 0.2) is 56.8 Å². The zero-order valence-electron chi connectivity index (χ0n) is 17.4. The first-order valence-electron chi connectivity index (χ1n) is 10.2. The van der Waals surface area contributed by atoms with Crippen molar-refractivity contribution in [3.8, 4) is 0 Å². The summed E-state index contributed by atoms with van der Waals surface area (Å²) in [6, 6.07) is 12.8. The van der Waals surface area contributed by atoms with E-state index in [1.165, 1.54) is 15.6 Å². The number of rotatable bonds is 4. The third-order valence-corrected chi connectivity index (χ3v) is 8.97. The number of amides is 1. The highest BCUT2D eigenvalue weighted by molar-refractivity contribution is 9.10. The highest BCUT2D eigenvalue weighted by atomic mass is 79.9. The van der Waals surface area contributed by atoms with E-state index in [1.807, 2.05) is 36.6 Å². The molecule has 0 bridgehead atoms. The summed E-state index contributed by atoms with van der Waals surface area (Å²) in [5.41, 5.74) is 2.04. The Morgan fingerprint density at radius 3 is 2.68 bits per heavy atom. The molecule has 1 atom stereocenters. The summed E-state index contributed by atoms with van der Waals surface area (Å²) < 4.78 is 31.6. The summed E-state index contributed by atoms with van der Waals surface area (Å²) in [7, 11) is -3.62. The van der Waals surface area contributed by atoms with E-state index in [4.69, 9.17) is 0 Å². The van der Waals surface area contributed by atoms with Gasteiger partial charge in [0.05, 0.1) is 21.0 Å². The maximum Gasteiger partial charge on any atom is 0.252 e. The summed E-state index contributed by atoms with van der Waals surface area (Å²) in [4.78, 5) is 18.4. The topological polar surface area (TPSA) is 71.7 Å². The van der Waals surface area contributed by atoms with Crippen LogP contribution >= 0.6 is 27.3 Å². The SMILES string of the molecule is CCn1c(=NC(=O)C2CCCN(S(=O)(=O)c3ccc(C)cc3)C2)sc2cc(Br)ccc21. The van der Waals surface area contributed by atoms with Crippen molar-refractivity contribution in [3.05, 3.63) is 57.3 Å². The summed E-state index contributed by atoms with van der Waals surface area (Å²) in [6.07, 6.45) is 1.29. The van der Waals surface area contributed by atoms with Crippen LogP contribution in [0.4, 0.5) is 0 Å². The number of piperidine rings is 1. The molecule has 1 fully saturated rings. The summed E-state index contributed by atoms with van der Waals surface area (Å²) in [5, 5.41) is 0. The number of nitrogens with zero attached hydrogens (tertiary/aromatic N) is 3. The average molecular weight is 522 g/mol. The van der Waals surface area contributed by atoms with Crippen molar-refractivity contribution in [1.82, 2.24) is 8.87 Å². The van der Waals surface area contributed by atoms with Crippen molar-refractivity contribution in [3.63, 3.8) is 0 Å². The highest BCUT2D eigenvalue weighted by Gasteiger charge is 2.33. The van der Waals surface area contributed by atoms with Gasteiger partial charge >= 0.3 is 0 Å². The van der Waals surface area contributed by atoms with Gasteiger partial charge < -0.3 is 4.57 Å². The zero-order chi connectivity index (χ0) is 22.2. The van der Waals surface area contributed by atoms with E-state index in [2.05, 4.69) is 20.9 Å². The molecular formula is C22H24BrN3O3S2. The third kappa shape index (κ3) is 4.55. The molecular weight excluding hydrogens is 498 g/mol. The molecule has 1 aliphatic heterocycles. The van der Waals surface area contributed by atoms with Gasteiger partial charge in [-0.05, 0) is 57.0 Å². The van der Waals surface area contributed by atoms with Crippen LogP contribution < -0.4 is 4.80 Å². The number of aryl methyl sites for hydroxylation is 2. The van der Waals surface area contributed by atoms with Gasteiger partial charge in [-0.15, -0.1) is 0 Å². The van der Waals surface area contributed by atoms with Crippen LogP contribution in [0, 0.1) is 12.8 Å². The van der Waals surface area contributed by atoms with Gasteiger partial charge in [-0.2, -0.15) is 9.30 Å². The van der Waals surface area contributed by atoms with Gasteiger partial charge in [0.2, 0.25) is 10.0 Å². The predicted molar refractivity (Wildman–Crippen MR) is 126 cm³/mol. The van der Waals surface area contributed by atoms with Gasteiger partial charge in [0.1, 0.15) is 0 Å². The second kappa shape index (κ2) is 8.97. The number of benzene rings is 2. The molecule has 31 heavy (non-hydrogen) atoms. The van der Waals surface area contributed by atoms with Crippen molar-refractivity contribution in [2.75, 3.05) is 13.1 Å². The van der Waals surface area contributed by atoms with Gasteiger partial charge in [-0.3, -0.25) is 4.79 Å². The monoisotopic (exact) mass is 521 g/mol. The minimum atomic E-state index is -3.62. The first-order valence-corrected chi connectivity index (χ1v) is 13.3. The molecule has 3 aromatic rings. The molecule has 0 aliphatic carbocycles. The zero-order valence-corrected chi connectivity index (χ0v) is 20.6. The van der Waals surface area contributed by atoms with Crippen LogP contribution in [-0.2, 0) is 21.4 Å². The Hall–Kier alpha value is -1.81. The number of hydrogen-bond donors (Lipinski definition) is 0. The van der Waals surface area contributed by atoms with E-state index >= 15 is 0 Å². The number of carbonyl (C=O) groups excluding carboxylic acids is 1. The first-order chi connectivity index (χ1) is 14.8. The second-order valence-electron chi connectivity index (χ2n) is 7.71. The molecule has 6 nitrogen and oxygen atoms in total. The number of halogens is 1. The van der Waals surface area contributed by atoms with Crippen LogP contribution in [0.2, 0.25) is 0 Å². The molecule has 4 rings (SSSR count). The molecule has 1 amide bonds. The molecule has 1 unspecified atom stereocenters. The number of sulfonamides is 1. The molecule has 164 valence electrons. The lowest BCUT2D eigenvalue weighted by Crippen LogP contribution is -2.42. The standard InChI is InChI=1S/C22H24BrN3O3S2/c1-3-26-19-11-8-17(23)13-20(19)30-22(26)24-21(27)16-5-4-12-25(14-16)31(28,29)18-9-6-15(2)7-10-18/h6-11,13,16H,3-5,12,14H2,1-2H3. The number of aromatic nitrogens is 1. The number of hydrogen-bond acceptors (Lipinski definition) is 4. The summed E-state index contributed by atoms with van der Waals surface area (Å²) in [6.45, 7) is 5.23. The fraction of sp³-hybridized carbons (Fsp3) is 0.364. The van der Waals surface area contributed by atoms with Crippen molar-refractivity contribution < 1.29 is 13.2 Å². The van der Waals surface area contributed by atoms with Gasteiger partial charge in [-0.1, -0.05) is 45.0 Å². The van der Waals surface area contributed by atoms with Crippen LogP contribution in [0.5, 0.6) is 0 Å². The molecule has 2 heterocycles. The maximum atomic E-state index is 13.1. The number of thiazole rings is 1. The Morgan fingerprint density at radius 1 is 1.23 bits per heavy atom. The minimum absolute atomic E-state index is 0.168. The number of fused-ring (bicyclic) bond motifs is 1. The highest BCUT2D eigenvalue weighted by Crippen LogP contribution is 2.26. The lowest BCUT2D eigenvalue weighted by Gasteiger charge is -2.30. The van der Waals surface area contributed by atoms with Gasteiger partial charge in [0, 0.05) is 24.1 Å². The van der Waals surface area contributed by atoms with E-state index in [0.29, 0.717) is 30.7 Å². The van der Waals surface area contributed by atoms with Crippen LogP contribution in [0.3, 0.4) is 0 Å². The second-order valence-corrected chi connectivity index (χ2v) is 11.6. The van der Waals surface area contributed by atoms with Crippen molar-refractivity contribution in [2.24, 2.45) is 10.9 Å². The molecule has 0 N–H and O–H groups in total. The Bertz CT molecular complexity index is 1290. The Kier molecular flexibility index (Phi) is 6.48. The van der Waals surface area contributed by atoms with Gasteiger partial charge in [-0.25, -0.2) is 8.42 Å². The van der Waals surface area contributed by atoms with Gasteiger partial charge in [0.15, 0.2) is 4.80 Å². The smallest absolute Gasteiger partial charge is 0.252 e. The molecule has 1 aromatic heterocycles. The quantitative estimate of drug-likeness (QED) is 0.513. The van der Waals surface area contributed by atoms with Crippen LogP contribution in [-0.4, -0.2) is 36.3 Å². The average Bonchev–Trinajstić information content (AvgIpc) is 3.10. The first kappa shape index (κ1) is 22.4. The number of carbonyl (C=O) groups is 1. The Balaban J connectivity index is 1.61. The van der Waals surface area contributed by atoms with Crippen molar-refractivity contribution in [2.45, 2.75) is 38.1 Å². The molecule has 2 aromatic carbocycles. The fourth-order valence-electron chi connectivity index (χ4n) is 3.85. The Morgan fingerprint density at radius 2 is 1.97 bits per heavy atom. The van der Waals surface area contributed by atoms with Gasteiger partial charge in [0.25, 0.3) is 5.91 Å². The van der Waals surface area contributed by atoms with E-state index in [9.17, 15) is 13.2 Å². The molecule has 0 radical (unpaired) electrons. The molecule has 0 saturated carbocycles. The molecule has 1 saturated heterocycles. The predicted octanol–water partition coefficient (Wildman–Crippen LogP) is 4.32. The largest absolute Gasteiger partial charge is 0.317 e. The van der Waals surface area contributed by atoms with E-state index in [0.717, 1.165) is 20.3 Å². The van der Waals surface area contributed by atoms with Crippen molar-refractivity contribution in [1.29, 1.82) is 0 Å². The lowest BCUT2D eigenvalue weighted by atomic mass is 9.99.